The number of carbonyl (C=O) groups excluding carboxylic acids is 2. The predicted octanol–water partition coefficient (Wildman–Crippen LogP) is -1.83. The Morgan fingerprint density at radius 2 is 0.897 bits per heavy atom. The molecule has 0 heterocycles. The van der Waals surface area contributed by atoms with E-state index in [-0.39, 0.29) is 17.1 Å². The molecule has 0 fully saturated rings. The molecule has 0 aliphatic carbocycles. The fourth-order valence-electron chi connectivity index (χ4n) is 0.696. The monoisotopic (exact) mass is 561 g/mol. The standard InChI is InChI=1S/2C3H9NO8P2.Cu/c2*1-2(4)3(5)11-14(9,10)12-13(6,7)8;/h2*2H,4H2,1H3,(H,9,10)(H2,6,7,8);. The van der Waals surface area contributed by atoms with Crippen molar-refractivity contribution in [3.8, 4) is 0 Å². The van der Waals surface area contributed by atoms with Crippen LogP contribution < -0.4 is 11.5 Å². The van der Waals surface area contributed by atoms with Crippen LogP contribution in [0.15, 0.2) is 0 Å². The second-order valence-electron chi connectivity index (χ2n) is 4.48. The molecule has 0 rings (SSSR count). The summed E-state index contributed by atoms with van der Waals surface area (Å²) in [6, 6.07) is -2.42. The van der Waals surface area contributed by atoms with Gasteiger partial charge in [0.15, 0.2) is 0 Å². The molecule has 0 bridgehead atoms. The van der Waals surface area contributed by atoms with E-state index < -0.39 is 55.3 Å². The van der Waals surface area contributed by atoms with Gasteiger partial charge in [-0.3, -0.25) is 9.79 Å². The summed E-state index contributed by atoms with van der Waals surface area (Å²) < 4.78 is 55.7. The Balaban J connectivity index is -0.000000451. The van der Waals surface area contributed by atoms with Crippen LogP contribution in [0.2, 0.25) is 0 Å². The molecule has 23 heteroatoms. The Hall–Kier alpha value is -0.0205. The molecule has 0 spiro atoms. The number of hydrogen-bond donors (Lipinski definition) is 8. The number of carbonyl (C=O) groups is 2. The first-order chi connectivity index (χ1) is 12.1. The summed E-state index contributed by atoms with van der Waals surface area (Å²) in [6.07, 6.45) is 0. The first-order valence-electron chi connectivity index (χ1n) is 6.24. The molecular formula is C6H18CuN2O16P4. The van der Waals surface area contributed by atoms with E-state index in [0.29, 0.717) is 0 Å². The van der Waals surface area contributed by atoms with Crippen LogP contribution >= 0.6 is 31.3 Å². The van der Waals surface area contributed by atoms with Crippen LogP contribution in [-0.4, -0.2) is 53.4 Å². The molecule has 0 aromatic heterocycles. The van der Waals surface area contributed by atoms with Gasteiger partial charge in [-0.25, -0.2) is 27.8 Å². The summed E-state index contributed by atoms with van der Waals surface area (Å²) in [5, 5.41) is 0. The Morgan fingerprint density at radius 1 is 0.690 bits per heavy atom. The van der Waals surface area contributed by atoms with Gasteiger partial charge < -0.3 is 40.1 Å². The van der Waals surface area contributed by atoms with E-state index in [4.69, 9.17) is 40.8 Å². The molecule has 0 aliphatic heterocycles. The zero-order valence-corrected chi connectivity index (χ0v) is 18.7. The quantitative estimate of drug-likeness (QED) is 0.119. The van der Waals surface area contributed by atoms with Gasteiger partial charge in [-0.2, -0.15) is 8.62 Å². The van der Waals surface area contributed by atoms with Crippen molar-refractivity contribution in [2.45, 2.75) is 25.9 Å². The molecular weight excluding hydrogens is 544 g/mol. The van der Waals surface area contributed by atoms with Crippen LogP contribution in [0.4, 0.5) is 0 Å². The van der Waals surface area contributed by atoms with Crippen molar-refractivity contribution in [3.63, 3.8) is 0 Å². The third-order valence-corrected chi connectivity index (χ3v) is 5.75. The van der Waals surface area contributed by atoms with Gasteiger partial charge in [0.25, 0.3) is 0 Å². The molecule has 179 valence electrons. The fourth-order valence-corrected chi connectivity index (χ4v) is 3.90. The summed E-state index contributed by atoms with van der Waals surface area (Å²) in [7, 11) is -20.6. The number of nitrogens with two attached hydrogens (primary N) is 2. The van der Waals surface area contributed by atoms with Crippen molar-refractivity contribution in [1.29, 1.82) is 0 Å². The molecule has 0 aliphatic rings. The summed E-state index contributed by atoms with van der Waals surface area (Å²) in [5.41, 5.74) is 9.90. The van der Waals surface area contributed by atoms with Crippen molar-refractivity contribution in [2.75, 3.05) is 0 Å². The molecule has 29 heavy (non-hydrogen) atoms. The van der Waals surface area contributed by atoms with Gasteiger partial charge in [-0.15, -0.1) is 0 Å². The fraction of sp³-hybridized carbons (Fsp3) is 0.667. The minimum Gasteiger partial charge on any atom is -0.369 e. The Kier molecular flexibility index (Phi) is 14.8. The van der Waals surface area contributed by atoms with Gasteiger partial charge in [-0.1, -0.05) is 0 Å². The summed E-state index contributed by atoms with van der Waals surface area (Å²) in [6.45, 7) is 2.31. The van der Waals surface area contributed by atoms with Crippen molar-refractivity contribution in [2.24, 2.45) is 11.5 Å². The van der Waals surface area contributed by atoms with Crippen LogP contribution in [0.1, 0.15) is 13.8 Å². The summed E-state index contributed by atoms with van der Waals surface area (Å²) >= 11 is 0. The molecule has 4 atom stereocenters. The van der Waals surface area contributed by atoms with Gasteiger partial charge in [0, 0.05) is 17.1 Å². The minimum atomic E-state index is -5.20. The number of phosphoric ester groups is 2. The molecule has 0 aromatic carbocycles. The first kappa shape index (κ1) is 33.6. The zero-order chi connectivity index (χ0) is 23.1. The average molecular weight is 562 g/mol. The maximum atomic E-state index is 10.7. The summed E-state index contributed by atoms with van der Waals surface area (Å²) in [4.78, 5) is 71.0. The van der Waals surface area contributed by atoms with Crippen molar-refractivity contribution in [3.05, 3.63) is 0 Å². The molecule has 10 N–H and O–H groups in total. The predicted molar refractivity (Wildman–Crippen MR) is 85.4 cm³/mol. The van der Waals surface area contributed by atoms with E-state index in [2.05, 4.69) is 17.7 Å². The Bertz CT molecular complexity index is 680. The van der Waals surface area contributed by atoms with Crippen molar-refractivity contribution >= 4 is 43.2 Å². The van der Waals surface area contributed by atoms with E-state index in [0.717, 1.165) is 13.8 Å². The third kappa shape index (κ3) is 21.0. The van der Waals surface area contributed by atoms with Gasteiger partial charge in [0.2, 0.25) is 0 Å². The van der Waals surface area contributed by atoms with E-state index in [1.807, 2.05) is 0 Å². The molecule has 18 nitrogen and oxygen atoms in total. The molecule has 0 amide bonds. The van der Waals surface area contributed by atoms with Gasteiger partial charge in [0.05, 0.1) is 0 Å². The van der Waals surface area contributed by atoms with E-state index in [1.54, 1.807) is 0 Å². The second kappa shape index (κ2) is 12.7. The van der Waals surface area contributed by atoms with Gasteiger partial charge in [-0.05, 0) is 13.8 Å². The normalized spacial score (nSPS) is 17.7. The smallest absolute Gasteiger partial charge is 0.369 e. The van der Waals surface area contributed by atoms with E-state index in [9.17, 15) is 27.8 Å². The van der Waals surface area contributed by atoms with Crippen LogP contribution in [0, 0.1) is 0 Å². The van der Waals surface area contributed by atoms with E-state index in [1.165, 1.54) is 0 Å². The van der Waals surface area contributed by atoms with Gasteiger partial charge in [0.1, 0.15) is 12.1 Å². The average Bonchev–Trinajstić information content (AvgIpc) is 2.31. The molecule has 0 aromatic rings. The minimum absolute atomic E-state index is 0. The zero-order valence-electron chi connectivity index (χ0n) is 14.2. The van der Waals surface area contributed by atoms with Crippen LogP contribution in [0.5, 0.6) is 0 Å². The number of rotatable bonds is 8. The van der Waals surface area contributed by atoms with Crippen molar-refractivity contribution < 1.29 is 91.9 Å². The third-order valence-electron chi connectivity index (χ3n) is 1.57. The summed E-state index contributed by atoms with van der Waals surface area (Å²) in [5.74, 6) is -2.63. The Labute approximate surface area is 173 Å². The number of hydrogen-bond acceptors (Lipinski definition) is 12. The van der Waals surface area contributed by atoms with Crippen LogP contribution in [0.25, 0.3) is 0 Å². The van der Waals surface area contributed by atoms with Crippen LogP contribution in [0.3, 0.4) is 0 Å². The van der Waals surface area contributed by atoms with Gasteiger partial charge >= 0.3 is 43.2 Å². The molecule has 1 radical (unpaired) electrons. The largest absolute Gasteiger partial charge is 0.538 e. The van der Waals surface area contributed by atoms with E-state index >= 15 is 0 Å². The Morgan fingerprint density at radius 3 is 1.03 bits per heavy atom. The first-order valence-corrected chi connectivity index (χ1v) is 12.3. The molecule has 0 saturated heterocycles. The molecule has 0 saturated carbocycles. The molecule has 4 unspecified atom stereocenters. The topological polar surface area (TPSA) is 313 Å². The van der Waals surface area contributed by atoms with Crippen LogP contribution in [-0.2, 0) is 62.6 Å². The number of phosphoric acid groups is 4. The SMILES string of the molecule is CC(N)C(=O)OP(=O)(O)OP(=O)(O)O.CC(N)C(=O)OP(=O)(O)OP(=O)(O)O.[Cu]. The second-order valence-corrected chi connectivity index (χ2v) is 9.99. The maximum absolute atomic E-state index is 10.7. The van der Waals surface area contributed by atoms with Crippen molar-refractivity contribution in [1.82, 2.24) is 0 Å². The maximum Gasteiger partial charge on any atom is 0.538 e.